The van der Waals surface area contributed by atoms with Crippen LogP contribution in [0.2, 0.25) is 0 Å². The van der Waals surface area contributed by atoms with Gasteiger partial charge < -0.3 is 10.5 Å². The van der Waals surface area contributed by atoms with Crippen LogP contribution in [0.25, 0.3) is 0 Å². The fraction of sp³-hybridized carbons (Fsp3) is 0.250. The van der Waals surface area contributed by atoms with Crippen molar-refractivity contribution in [1.29, 1.82) is 0 Å². The van der Waals surface area contributed by atoms with Crippen molar-refractivity contribution in [2.45, 2.75) is 13.2 Å². The van der Waals surface area contributed by atoms with E-state index in [1.54, 1.807) is 10.7 Å². The Morgan fingerprint density at radius 1 is 1.24 bits per heavy atom. The zero-order valence-corrected chi connectivity index (χ0v) is 10.9. The number of anilines is 1. The van der Waals surface area contributed by atoms with Crippen molar-refractivity contribution in [1.82, 2.24) is 9.78 Å². The lowest BCUT2D eigenvalue weighted by atomic mass is 10.2. The summed E-state index contributed by atoms with van der Waals surface area (Å²) in [6.45, 7) is 1.95. The number of nitrogens with zero attached hydrogens (tertiary/aromatic N) is 2. The van der Waals surface area contributed by atoms with Crippen LogP contribution in [0.5, 0.6) is 0 Å². The number of nitrogen functional groups attached to an aromatic ring is 1. The van der Waals surface area contributed by atoms with E-state index in [2.05, 4.69) is 21.0 Å². The monoisotopic (exact) mass is 295 g/mol. The van der Waals surface area contributed by atoms with Crippen LogP contribution in [0.3, 0.4) is 0 Å². The molecule has 2 N–H and O–H groups in total. The molecule has 2 aromatic rings. The third kappa shape index (κ3) is 3.87. The molecule has 0 unspecified atom stereocenters. The van der Waals surface area contributed by atoms with Gasteiger partial charge in [0.15, 0.2) is 0 Å². The lowest BCUT2D eigenvalue weighted by Crippen LogP contribution is -2.06. The van der Waals surface area contributed by atoms with Crippen molar-refractivity contribution in [3.63, 3.8) is 0 Å². The molecule has 1 aromatic heterocycles. The van der Waals surface area contributed by atoms with Crippen LogP contribution in [-0.2, 0) is 17.9 Å². The molecule has 1 aromatic carbocycles. The summed E-state index contributed by atoms with van der Waals surface area (Å²) in [5, 5.41) is 4.08. The van der Waals surface area contributed by atoms with E-state index in [-0.39, 0.29) is 0 Å². The van der Waals surface area contributed by atoms with Crippen molar-refractivity contribution >= 4 is 21.7 Å². The standard InChI is InChI=1S/C12H14BrN3O/c13-11-3-1-10(2-4-11)9-17-8-7-16-6-5-12(14)15-16/h1-6H,7-9H2,(H2,14,15). The highest BCUT2D eigenvalue weighted by Gasteiger charge is 1.96. The molecule has 0 aliphatic carbocycles. The highest BCUT2D eigenvalue weighted by atomic mass is 79.9. The molecule has 0 saturated carbocycles. The Morgan fingerprint density at radius 2 is 2.00 bits per heavy atom. The van der Waals surface area contributed by atoms with Crippen LogP contribution in [0, 0.1) is 0 Å². The highest BCUT2D eigenvalue weighted by Crippen LogP contribution is 2.11. The number of aromatic nitrogens is 2. The Hall–Kier alpha value is -1.33. The second-order valence-corrected chi connectivity index (χ2v) is 4.60. The predicted octanol–water partition coefficient (Wildman–Crippen LogP) is 2.44. The first kappa shape index (κ1) is 12.1. The normalized spacial score (nSPS) is 10.6. The van der Waals surface area contributed by atoms with E-state index < -0.39 is 0 Å². The van der Waals surface area contributed by atoms with Crippen molar-refractivity contribution < 1.29 is 4.74 Å². The molecular formula is C12H14BrN3O. The first-order valence-electron chi connectivity index (χ1n) is 5.35. The molecule has 0 amide bonds. The van der Waals surface area contributed by atoms with Crippen LogP contribution in [0.1, 0.15) is 5.56 Å². The lowest BCUT2D eigenvalue weighted by Gasteiger charge is -2.04. The minimum atomic E-state index is 0.540. The number of benzene rings is 1. The number of nitrogens with two attached hydrogens (primary N) is 1. The fourth-order valence-electron chi connectivity index (χ4n) is 1.43. The van der Waals surface area contributed by atoms with E-state index in [0.29, 0.717) is 25.6 Å². The number of hydrogen-bond donors (Lipinski definition) is 1. The summed E-state index contributed by atoms with van der Waals surface area (Å²) < 4.78 is 8.41. The third-order valence-corrected chi connectivity index (χ3v) is 2.84. The van der Waals surface area contributed by atoms with Gasteiger partial charge in [0.05, 0.1) is 19.8 Å². The first-order chi connectivity index (χ1) is 8.24. The molecule has 17 heavy (non-hydrogen) atoms. The predicted molar refractivity (Wildman–Crippen MR) is 70.4 cm³/mol. The Kier molecular flexibility index (Phi) is 4.17. The molecule has 0 aliphatic heterocycles. The average Bonchev–Trinajstić information content (AvgIpc) is 2.73. The zero-order valence-electron chi connectivity index (χ0n) is 9.34. The second kappa shape index (κ2) is 5.84. The molecule has 90 valence electrons. The molecule has 0 saturated heterocycles. The first-order valence-corrected chi connectivity index (χ1v) is 6.14. The molecule has 2 rings (SSSR count). The number of rotatable bonds is 5. The zero-order chi connectivity index (χ0) is 12.1. The Bertz CT molecular complexity index is 467. The summed E-state index contributed by atoms with van der Waals surface area (Å²) in [7, 11) is 0. The van der Waals surface area contributed by atoms with E-state index in [9.17, 15) is 0 Å². The van der Waals surface area contributed by atoms with Crippen molar-refractivity contribution in [2.75, 3.05) is 12.3 Å². The number of halogens is 1. The maximum absolute atomic E-state index is 5.56. The van der Waals surface area contributed by atoms with Crippen LogP contribution in [0.4, 0.5) is 5.82 Å². The Morgan fingerprint density at radius 3 is 2.65 bits per heavy atom. The molecule has 0 atom stereocenters. The van der Waals surface area contributed by atoms with Gasteiger partial charge in [-0.25, -0.2) is 0 Å². The molecule has 1 heterocycles. The molecular weight excluding hydrogens is 282 g/mol. The van der Waals surface area contributed by atoms with Gasteiger partial charge in [0.25, 0.3) is 0 Å². The quantitative estimate of drug-likeness (QED) is 0.862. The van der Waals surface area contributed by atoms with Gasteiger partial charge in [-0.15, -0.1) is 0 Å². The van der Waals surface area contributed by atoms with E-state index in [4.69, 9.17) is 10.5 Å². The minimum Gasteiger partial charge on any atom is -0.382 e. The molecule has 5 heteroatoms. The van der Waals surface area contributed by atoms with E-state index in [1.165, 1.54) is 0 Å². The Balaban J connectivity index is 1.71. The maximum Gasteiger partial charge on any atom is 0.145 e. The van der Waals surface area contributed by atoms with Crippen LogP contribution in [0.15, 0.2) is 41.0 Å². The molecule has 0 aliphatic rings. The molecule has 0 bridgehead atoms. The lowest BCUT2D eigenvalue weighted by molar-refractivity contribution is 0.111. The van der Waals surface area contributed by atoms with Gasteiger partial charge in [-0.2, -0.15) is 5.10 Å². The van der Waals surface area contributed by atoms with Gasteiger partial charge in [0, 0.05) is 10.7 Å². The summed E-state index contributed by atoms with van der Waals surface area (Å²) >= 11 is 3.40. The van der Waals surface area contributed by atoms with E-state index in [0.717, 1.165) is 10.0 Å². The van der Waals surface area contributed by atoms with Crippen molar-refractivity contribution in [2.24, 2.45) is 0 Å². The second-order valence-electron chi connectivity index (χ2n) is 3.68. The smallest absolute Gasteiger partial charge is 0.145 e. The number of hydrogen-bond acceptors (Lipinski definition) is 3. The minimum absolute atomic E-state index is 0.540. The molecule has 4 nitrogen and oxygen atoms in total. The largest absolute Gasteiger partial charge is 0.382 e. The average molecular weight is 296 g/mol. The van der Waals surface area contributed by atoms with Crippen LogP contribution < -0.4 is 5.73 Å². The summed E-state index contributed by atoms with van der Waals surface area (Å²) in [5.74, 6) is 0.540. The van der Waals surface area contributed by atoms with Gasteiger partial charge in [-0.3, -0.25) is 4.68 Å². The van der Waals surface area contributed by atoms with Crippen molar-refractivity contribution in [3.8, 4) is 0 Å². The summed E-state index contributed by atoms with van der Waals surface area (Å²) in [6, 6.07) is 9.86. The van der Waals surface area contributed by atoms with E-state index >= 15 is 0 Å². The van der Waals surface area contributed by atoms with Gasteiger partial charge >= 0.3 is 0 Å². The van der Waals surface area contributed by atoms with Gasteiger partial charge in [-0.1, -0.05) is 28.1 Å². The summed E-state index contributed by atoms with van der Waals surface area (Å²) in [5.41, 5.74) is 6.67. The topological polar surface area (TPSA) is 53.1 Å². The van der Waals surface area contributed by atoms with Crippen LogP contribution >= 0.6 is 15.9 Å². The molecule has 0 radical (unpaired) electrons. The Labute approximate surface area is 109 Å². The SMILES string of the molecule is Nc1ccn(CCOCc2ccc(Br)cc2)n1. The molecule has 0 fully saturated rings. The maximum atomic E-state index is 5.56. The molecule has 0 spiro atoms. The van der Waals surface area contributed by atoms with E-state index in [1.807, 2.05) is 30.5 Å². The summed E-state index contributed by atoms with van der Waals surface area (Å²) in [6.07, 6.45) is 1.85. The summed E-state index contributed by atoms with van der Waals surface area (Å²) in [4.78, 5) is 0. The van der Waals surface area contributed by atoms with Crippen molar-refractivity contribution in [3.05, 3.63) is 46.6 Å². The van der Waals surface area contributed by atoms with Gasteiger partial charge in [0.1, 0.15) is 5.82 Å². The van der Waals surface area contributed by atoms with Gasteiger partial charge in [-0.05, 0) is 23.8 Å². The fourth-order valence-corrected chi connectivity index (χ4v) is 1.69. The third-order valence-electron chi connectivity index (χ3n) is 2.31. The van der Waals surface area contributed by atoms with Gasteiger partial charge in [0.2, 0.25) is 0 Å². The van der Waals surface area contributed by atoms with Crippen LogP contribution in [-0.4, -0.2) is 16.4 Å². The highest BCUT2D eigenvalue weighted by molar-refractivity contribution is 9.10. The number of ether oxygens (including phenoxy) is 1.